The summed E-state index contributed by atoms with van der Waals surface area (Å²) in [7, 11) is 0. The second kappa shape index (κ2) is 9.30. The number of nitrogens with zero attached hydrogens (tertiary/aromatic N) is 1. The van der Waals surface area contributed by atoms with Gasteiger partial charge in [0.05, 0.1) is 5.92 Å². The van der Waals surface area contributed by atoms with Crippen LogP contribution < -0.4 is 5.32 Å². The number of nitrogens with one attached hydrogen (secondary N) is 1. The zero-order valence-electron chi connectivity index (χ0n) is 14.9. The molecule has 25 heavy (non-hydrogen) atoms. The van der Waals surface area contributed by atoms with Crippen LogP contribution in [0, 0.1) is 11.7 Å². The Hall–Kier alpha value is -1.46. The monoisotopic (exact) mass is 348 g/mol. The predicted octanol–water partition coefficient (Wildman–Crippen LogP) is 2.77. The number of amides is 1. The van der Waals surface area contributed by atoms with E-state index < -0.39 is 0 Å². The minimum Gasteiger partial charge on any atom is -0.381 e. The van der Waals surface area contributed by atoms with Crippen molar-refractivity contribution in [3.05, 3.63) is 35.6 Å². The summed E-state index contributed by atoms with van der Waals surface area (Å²) in [6, 6.07) is 7.42. The van der Waals surface area contributed by atoms with E-state index in [4.69, 9.17) is 4.74 Å². The van der Waals surface area contributed by atoms with Crippen molar-refractivity contribution in [3.8, 4) is 0 Å². The molecular formula is C20H29FN2O2. The number of hydrogen-bond donors (Lipinski definition) is 1. The smallest absolute Gasteiger partial charge is 0.224 e. The van der Waals surface area contributed by atoms with E-state index in [9.17, 15) is 9.18 Å². The first kappa shape index (κ1) is 18.3. The molecule has 2 heterocycles. The maximum atomic E-state index is 13.6. The molecule has 1 aromatic rings. The first-order valence-corrected chi connectivity index (χ1v) is 9.57. The molecule has 0 aliphatic carbocycles. The Morgan fingerprint density at radius 2 is 2.04 bits per heavy atom. The van der Waals surface area contributed by atoms with Crippen molar-refractivity contribution < 1.29 is 13.9 Å². The first-order valence-electron chi connectivity index (χ1n) is 9.57. The number of carbonyl (C=O) groups is 1. The highest BCUT2D eigenvalue weighted by Gasteiger charge is 2.30. The lowest BCUT2D eigenvalue weighted by molar-refractivity contribution is -0.127. The van der Waals surface area contributed by atoms with Gasteiger partial charge in [0.1, 0.15) is 5.82 Å². The van der Waals surface area contributed by atoms with Crippen molar-refractivity contribution in [3.63, 3.8) is 0 Å². The fourth-order valence-electron chi connectivity index (χ4n) is 3.94. The van der Waals surface area contributed by atoms with Crippen LogP contribution in [-0.4, -0.2) is 49.7 Å². The van der Waals surface area contributed by atoms with Crippen LogP contribution in [0.2, 0.25) is 0 Å². The van der Waals surface area contributed by atoms with Gasteiger partial charge in [-0.05, 0) is 56.7 Å². The molecule has 4 nitrogen and oxygen atoms in total. The maximum absolute atomic E-state index is 13.6. The Balaban J connectivity index is 1.39. The highest BCUT2D eigenvalue weighted by Crippen LogP contribution is 2.23. The summed E-state index contributed by atoms with van der Waals surface area (Å²) >= 11 is 0. The molecule has 1 atom stereocenters. The summed E-state index contributed by atoms with van der Waals surface area (Å²) in [6.07, 6.45) is 5.65. The van der Waals surface area contributed by atoms with Crippen LogP contribution in [0.5, 0.6) is 0 Å². The molecular weight excluding hydrogens is 319 g/mol. The highest BCUT2D eigenvalue weighted by atomic mass is 19.1. The average Bonchev–Trinajstić information content (AvgIpc) is 2.67. The molecule has 2 fully saturated rings. The quantitative estimate of drug-likeness (QED) is 0.804. The third-order valence-corrected chi connectivity index (χ3v) is 5.41. The molecule has 5 heteroatoms. The Labute approximate surface area is 149 Å². The van der Waals surface area contributed by atoms with E-state index in [1.165, 1.54) is 6.07 Å². The average molecular weight is 348 g/mol. The molecule has 1 unspecified atom stereocenters. The molecule has 2 aliphatic heterocycles. The number of halogens is 1. The predicted molar refractivity (Wildman–Crippen MR) is 95.9 cm³/mol. The van der Waals surface area contributed by atoms with E-state index in [-0.39, 0.29) is 17.6 Å². The summed E-state index contributed by atoms with van der Waals surface area (Å²) in [4.78, 5) is 14.9. The van der Waals surface area contributed by atoms with Crippen LogP contribution in [0.3, 0.4) is 0 Å². The van der Waals surface area contributed by atoms with E-state index in [1.54, 1.807) is 6.07 Å². The highest BCUT2D eigenvalue weighted by molar-refractivity contribution is 5.78. The van der Waals surface area contributed by atoms with Gasteiger partial charge >= 0.3 is 0 Å². The molecule has 3 rings (SSSR count). The van der Waals surface area contributed by atoms with Crippen molar-refractivity contribution in [2.45, 2.75) is 44.6 Å². The van der Waals surface area contributed by atoms with Gasteiger partial charge in [-0.1, -0.05) is 18.2 Å². The molecule has 1 amide bonds. The molecule has 0 aromatic heterocycles. The summed E-state index contributed by atoms with van der Waals surface area (Å²) in [5.74, 6) is 0.0866. The Kier molecular flexibility index (Phi) is 6.82. The summed E-state index contributed by atoms with van der Waals surface area (Å²) < 4.78 is 19.0. The number of rotatable bonds is 6. The number of hydrogen-bond acceptors (Lipinski definition) is 3. The molecule has 1 N–H and O–H groups in total. The fourth-order valence-corrected chi connectivity index (χ4v) is 3.94. The van der Waals surface area contributed by atoms with Gasteiger partial charge in [0, 0.05) is 32.3 Å². The van der Waals surface area contributed by atoms with Gasteiger partial charge in [0.25, 0.3) is 0 Å². The van der Waals surface area contributed by atoms with Crippen molar-refractivity contribution >= 4 is 5.91 Å². The minimum absolute atomic E-state index is 0.0880. The minimum atomic E-state index is -0.159. The van der Waals surface area contributed by atoms with Crippen LogP contribution in [0.4, 0.5) is 4.39 Å². The summed E-state index contributed by atoms with van der Waals surface area (Å²) in [5, 5.41) is 3.05. The molecule has 0 saturated carbocycles. The summed E-state index contributed by atoms with van der Waals surface area (Å²) in [6.45, 7) is 4.26. The van der Waals surface area contributed by atoms with Crippen LogP contribution in [-0.2, 0) is 16.0 Å². The lowest BCUT2D eigenvalue weighted by Gasteiger charge is -2.39. The van der Waals surface area contributed by atoms with E-state index in [2.05, 4.69) is 10.2 Å². The summed E-state index contributed by atoms with van der Waals surface area (Å²) in [5.41, 5.74) is 0.722. The van der Waals surface area contributed by atoms with E-state index in [0.29, 0.717) is 19.0 Å². The number of benzene rings is 1. The number of carbonyl (C=O) groups excluding carboxylic acids is 1. The standard InChI is InChI=1S/C20H29FN2O2/c21-19-8-2-1-5-16(19)6-3-11-22-20(24)17-7-4-12-23(15-17)18-9-13-25-14-10-18/h1-2,5,8,17-18H,3-4,6-7,9-15H2,(H,22,24). The maximum Gasteiger partial charge on any atom is 0.224 e. The molecule has 2 saturated heterocycles. The molecule has 0 spiro atoms. The molecule has 2 aliphatic rings. The van der Waals surface area contributed by atoms with Crippen LogP contribution in [0.15, 0.2) is 24.3 Å². The Morgan fingerprint density at radius 3 is 2.84 bits per heavy atom. The first-order chi connectivity index (χ1) is 12.2. The van der Waals surface area contributed by atoms with Gasteiger partial charge in [-0.2, -0.15) is 0 Å². The number of ether oxygens (including phenoxy) is 1. The zero-order valence-corrected chi connectivity index (χ0v) is 14.9. The second-order valence-electron chi connectivity index (χ2n) is 7.16. The third kappa shape index (κ3) is 5.25. The molecule has 1 aromatic carbocycles. The lowest BCUT2D eigenvalue weighted by Crippen LogP contribution is -2.48. The Bertz CT molecular complexity index is 560. The van der Waals surface area contributed by atoms with Gasteiger partial charge in [-0.15, -0.1) is 0 Å². The van der Waals surface area contributed by atoms with Gasteiger partial charge < -0.3 is 10.1 Å². The van der Waals surface area contributed by atoms with Crippen molar-refractivity contribution in [1.29, 1.82) is 0 Å². The van der Waals surface area contributed by atoms with Crippen molar-refractivity contribution in [2.75, 3.05) is 32.8 Å². The number of likely N-dealkylation sites (tertiary alicyclic amines) is 1. The van der Waals surface area contributed by atoms with Crippen LogP contribution in [0.25, 0.3) is 0 Å². The van der Waals surface area contributed by atoms with E-state index in [0.717, 1.165) is 64.0 Å². The lowest BCUT2D eigenvalue weighted by atomic mass is 9.94. The van der Waals surface area contributed by atoms with E-state index >= 15 is 0 Å². The van der Waals surface area contributed by atoms with Gasteiger partial charge in [0.2, 0.25) is 5.91 Å². The fraction of sp³-hybridized carbons (Fsp3) is 0.650. The topological polar surface area (TPSA) is 41.6 Å². The van der Waals surface area contributed by atoms with Gasteiger partial charge in [-0.3, -0.25) is 9.69 Å². The van der Waals surface area contributed by atoms with Gasteiger partial charge in [0.15, 0.2) is 0 Å². The SMILES string of the molecule is O=C(NCCCc1ccccc1F)C1CCCN(C2CCOCC2)C1. The van der Waals surface area contributed by atoms with E-state index in [1.807, 2.05) is 12.1 Å². The number of piperidine rings is 1. The van der Waals surface area contributed by atoms with Crippen molar-refractivity contribution in [2.24, 2.45) is 5.92 Å². The Morgan fingerprint density at radius 1 is 1.24 bits per heavy atom. The van der Waals surface area contributed by atoms with Gasteiger partial charge in [-0.25, -0.2) is 4.39 Å². The zero-order chi connectivity index (χ0) is 17.5. The molecule has 138 valence electrons. The van der Waals surface area contributed by atoms with Crippen molar-refractivity contribution in [1.82, 2.24) is 10.2 Å². The van der Waals surface area contributed by atoms with Crippen LogP contribution >= 0.6 is 0 Å². The second-order valence-corrected chi connectivity index (χ2v) is 7.16. The normalized spacial score (nSPS) is 22.7. The largest absolute Gasteiger partial charge is 0.381 e. The molecule has 0 bridgehead atoms. The van der Waals surface area contributed by atoms with Crippen LogP contribution in [0.1, 0.15) is 37.7 Å². The number of aryl methyl sites for hydroxylation is 1. The molecule has 0 radical (unpaired) electrons. The third-order valence-electron chi connectivity index (χ3n) is 5.41.